The first-order valence-corrected chi connectivity index (χ1v) is 5.23. The van der Waals surface area contributed by atoms with Crippen molar-refractivity contribution in [3.63, 3.8) is 0 Å². The van der Waals surface area contributed by atoms with E-state index < -0.39 is 0 Å². The van der Waals surface area contributed by atoms with Crippen molar-refractivity contribution >= 4 is 12.0 Å². The van der Waals surface area contributed by atoms with Gasteiger partial charge in [-0.1, -0.05) is 30.3 Å². The quantitative estimate of drug-likeness (QED) is 0.558. The van der Waals surface area contributed by atoms with Gasteiger partial charge in [0, 0.05) is 12.6 Å². The van der Waals surface area contributed by atoms with Crippen LogP contribution < -0.4 is 0 Å². The SMILES string of the molecule is CN(C)CCOC(=O)C=Cc1ccccc1. The van der Waals surface area contributed by atoms with E-state index >= 15 is 0 Å². The van der Waals surface area contributed by atoms with Gasteiger partial charge in [-0.05, 0) is 25.7 Å². The van der Waals surface area contributed by atoms with Gasteiger partial charge in [-0.15, -0.1) is 0 Å². The van der Waals surface area contributed by atoms with Gasteiger partial charge in [0.2, 0.25) is 0 Å². The predicted molar refractivity (Wildman–Crippen MR) is 65.0 cm³/mol. The molecule has 0 atom stereocenters. The van der Waals surface area contributed by atoms with E-state index in [1.54, 1.807) is 6.08 Å². The first-order valence-electron chi connectivity index (χ1n) is 5.23. The van der Waals surface area contributed by atoms with Crippen LogP contribution in [0.25, 0.3) is 6.08 Å². The summed E-state index contributed by atoms with van der Waals surface area (Å²) in [5, 5.41) is 0. The molecule has 0 N–H and O–H groups in total. The zero-order chi connectivity index (χ0) is 11.8. The molecule has 86 valence electrons. The van der Waals surface area contributed by atoms with Crippen LogP contribution in [0.4, 0.5) is 0 Å². The molecule has 1 aromatic carbocycles. The highest BCUT2D eigenvalue weighted by Crippen LogP contribution is 2.00. The lowest BCUT2D eigenvalue weighted by molar-refractivity contribution is -0.137. The molecule has 3 heteroatoms. The maximum atomic E-state index is 11.3. The molecule has 3 nitrogen and oxygen atoms in total. The van der Waals surface area contributed by atoms with Gasteiger partial charge in [0.1, 0.15) is 6.61 Å². The Bertz CT molecular complexity index is 344. The van der Waals surface area contributed by atoms with Crippen LogP contribution in [0.1, 0.15) is 5.56 Å². The second-order valence-electron chi connectivity index (χ2n) is 3.71. The minimum Gasteiger partial charge on any atom is -0.461 e. The molecule has 0 radical (unpaired) electrons. The lowest BCUT2D eigenvalue weighted by Crippen LogP contribution is -2.19. The lowest BCUT2D eigenvalue weighted by atomic mass is 10.2. The summed E-state index contributed by atoms with van der Waals surface area (Å²) in [5.74, 6) is -0.300. The van der Waals surface area contributed by atoms with E-state index in [9.17, 15) is 4.79 Å². The Hall–Kier alpha value is -1.61. The molecule has 0 spiro atoms. The number of carbonyl (C=O) groups excluding carboxylic acids is 1. The lowest BCUT2D eigenvalue weighted by Gasteiger charge is -2.08. The Labute approximate surface area is 96.3 Å². The second-order valence-corrected chi connectivity index (χ2v) is 3.71. The number of hydrogen-bond acceptors (Lipinski definition) is 3. The summed E-state index contributed by atoms with van der Waals surface area (Å²) in [6.45, 7) is 1.16. The van der Waals surface area contributed by atoms with Crippen LogP contribution in [0.3, 0.4) is 0 Å². The third kappa shape index (κ3) is 5.32. The van der Waals surface area contributed by atoms with Crippen molar-refractivity contribution in [1.82, 2.24) is 4.90 Å². The third-order valence-corrected chi connectivity index (χ3v) is 1.99. The minimum atomic E-state index is -0.300. The molecule has 0 saturated heterocycles. The summed E-state index contributed by atoms with van der Waals surface area (Å²) >= 11 is 0. The van der Waals surface area contributed by atoms with Crippen molar-refractivity contribution in [2.45, 2.75) is 0 Å². The molecule has 1 rings (SSSR count). The highest BCUT2D eigenvalue weighted by Gasteiger charge is 1.97. The van der Waals surface area contributed by atoms with E-state index in [4.69, 9.17) is 4.74 Å². The number of nitrogens with zero attached hydrogens (tertiary/aromatic N) is 1. The van der Waals surface area contributed by atoms with E-state index in [1.165, 1.54) is 6.08 Å². The van der Waals surface area contributed by atoms with Crippen molar-refractivity contribution in [3.05, 3.63) is 42.0 Å². The fraction of sp³-hybridized carbons (Fsp3) is 0.308. The van der Waals surface area contributed by atoms with Gasteiger partial charge in [0.15, 0.2) is 0 Å². The van der Waals surface area contributed by atoms with Crippen molar-refractivity contribution in [3.8, 4) is 0 Å². The number of carbonyl (C=O) groups is 1. The number of hydrogen-bond donors (Lipinski definition) is 0. The average molecular weight is 219 g/mol. The molecule has 0 aliphatic carbocycles. The largest absolute Gasteiger partial charge is 0.461 e. The summed E-state index contributed by atoms with van der Waals surface area (Å²) in [6, 6.07) is 9.66. The zero-order valence-corrected chi connectivity index (χ0v) is 9.72. The summed E-state index contributed by atoms with van der Waals surface area (Å²) in [5.41, 5.74) is 0.993. The van der Waals surface area contributed by atoms with Crippen LogP contribution in [-0.4, -0.2) is 38.1 Å². The Balaban J connectivity index is 2.32. The van der Waals surface area contributed by atoms with E-state index in [2.05, 4.69) is 0 Å². The van der Waals surface area contributed by atoms with E-state index in [0.29, 0.717) is 6.61 Å². The van der Waals surface area contributed by atoms with Gasteiger partial charge in [0.05, 0.1) is 0 Å². The maximum absolute atomic E-state index is 11.3. The first kappa shape index (κ1) is 12.5. The van der Waals surface area contributed by atoms with Gasteiger partial charge in [0.25, 0.3) is 0 Å². The third-order valence-electron chi connectivity index (χ3n) is 1.99. The van der Waals surface area contributed by atoms with Crippen molar-refractivity contribution in [1.29, 1.82) is 0 Å². The fourth-order valence-corrected chi connectivity index (χ4v) is 1.11. The van der Waals surface area contributed by atoms with Crippen molar-refractivity contribution in [2.75, 3.05) is 27.2 Å². The molecule has 0 aromatic heterocycles. The number of rotatable bonds is 5. The Morgan fingerprint density at radius 3 is 2.62 bits per heavy atom. The molecule has 0 bridgehead atoms. The van der Waals surface area contributed by atoms with Crippen LogP contribution in [0.5, 0.6) is 0 Å². The van der Waals surface area contributed by atoms with Crippen LogP contribution in [0.15, 0.2) is 36.4 Å². The Morgan fingerprint density at radius 1 is 1.31 bits per heavy atom. The smallest absolute Gasteiger partial charge is 0.330 e. The molecule has 0 fully saturated rings. The average Bonchev–Trinajstić information content (AvgIpc) is 2.27. The van der Waals surface area contributed by atoms with Crippen LogP contribution in [0, 0.1) is 0 Å². The van der Waals surface area contributed by atoms with Crippen molar-refractivity contribution < 1.29 is 9.53 Å². The van der Waals surface area contributed by atoms with Gasteiger partial charge in [-0.25, -0.2) is 4.79 Å². The molecule has 0 unspecified atom stereocenters. The number of benzene rings is 1. The van der Waals surface area contributed by atoms with Gasteiger partial charge in [-0.2, -0.15) is 0 Å². The Kier molecular flexibility index (Phi) is 5.29. The topological polar surface area (TPSA) is 29.5 Å². The molecule has 0 amide bonds. The number of esters is 1. The molecule has 1 aromatic rings. The van der Waals surface area contributed by atoms with E-state index in [-0.39, 0.29) is 5.97 Å². The van der Waals surface area contributed by atoms with E-state index in [0.717, 1.165) is 12.1 Å². The molecule has 0 saturated carbocycles. The zero-order valence-electron chi connectivity index (χ0n) is 9.72. The molecular weight excluding hydrogens is 202 g/mol. The minimum absolute atomic E-state index is 0.300. The van der Waals surface area contributed by atoms with Crippen LogP contribution in [-0.2, 0) is 9.53 Å². The molecular formula is C13H17NO2. The highest BCUT2D eigenvalue weighted by atomic mass is 16.5. The molecule has 0 aliphatic rings. The normalized spacial score (nSPS) is 10.9. The van der Waals surface area contributed by atoms with Gasteiger partial charge < -0.3 is 9.64 Å². The standard InChI is InChI=1S/C13H17NO2/c1-14(2)10-11-16-13(15)9-8-12-6-4-3-5-7-12/h3-9H,10-11H2,1-2H3. The second kappa shape index (κ2) is 6.80. The fourth-order valence-electron chi connectivity index (χ4n) is 1.11. The van der Waals surface area contributed by atoms with Crippen LogP contribution in [0.2, 0.25) is 0 Å². The Morgan fingerprint density at radius 2 is 2.00 bits per heavy atom. The molecule has 0 heterocycles. The van der Waals surface area contributed by atoms with Crippen molar-refractivity contribution in [2.24, 2.45) is 0 Å². The number of ether oxygens (including phenoxy) is 1. The number of likely N-dealkylation sites (N-methyl/N-ethyl adjacent to an activating group) is 1. The maximum Gasteiger partial charge on any atom is 0.330 e. The summed E-state index contributed by atoms with van der Waals surface area (Å²) in [7, 11) is 3.88. The molecule has 16 heavy (non-hydrogen) atoms. The highest BCUT2D eigenvalue weighted by molar-refractivity contribution is 5.86. The van der Waals surface area contributed by atoms with E-state index in [1.807, 2.05) is 49.3 Å². The predicted octanol–water partition coefficient (Wildman–Crippen LogP) is 1.80. The first-order chi connectivity index (χ1) is 7.68. The van der Waals surface area contributed by atoms with Gasteiger partial charge >= 0.3 is 5.97 Å². The monoisotopic (exact) mass is 219 g/mol. The summed E-state index contributed by atoms with van der Waals surface area (Å²) < 4.78 is 5.01. The van der Waals surface area contributed by atoms with Gasteiger partial charge in [-0.3, -0.25) is 0 Å². The van der Waals surface area contributed by atoms with Crippen LogP contribution >= 0.6 is 0 Å². The molecule has 0 aliphatic heterocycles. The summed E-state index contributed by atoms with van der Waals surface area (Å²) in [4.78, 5) is 13.2. The summed E-state index contributed by atoms with van der Waals surface area (Å²) in [6.07, 6.45) is 3.20.